The van der Waals surface area contributed by atoms with Crippen LogP contribution in [0.4, 0.5) is 0 Å². The van der Waals surface area contributed by atoms with Gasteiger partial charge in [-0.2, -0.15) is 0 Å². The lowest BCUT2D eigenvalue weighted by Gasteiger charge is -2.17. The second-order valence-electron chi connectivity index (χ2n) is 4.43. The van der Waals surface area contributed by atoms with Gasteiger partial charge in [-0.25, -0.2) is 0 Å². The fourth-order valence-electron chi connectivity index (χ4n) is 2.75. The molecule has 3 rings (SSSR count). The van der Waals surface area contributed by atoms with E-state index in [0.29, 0.717) is 24.3 Å². The average Bonchev–Trinajstić information content (AvgIpc) is 2.93. The zero-order valence-electron chi connectivity index (χ0n) is 8.35. The molecule has 2 bridgehead atoms. The van der Waals surface area contributed by atoms with Crippen molar-refractivity contribution in [1.29, 1.82) is 0 Å². The second-order valence-corrected chi connectivity index (χ2v) is 5.04. The molecule has 1 aromatic rings. The van der Waals surface area contributed by atoms with E-state index >= 15 is 0 Å². The molecular formula is C10H13N3OS. The van der Waals surface area contributed by atoms with Gasteiger partial charge in [-0.3, -0.25) is 4.79 Å². The van der Waals surface area contributed by atoms with E-state index in [1.54, 1.807) is 0 Å². The van der Waals surface area contributed by atoms with Crippen LogP contribution in [0.3, 0.4) is 0 Å². The van der Waals surface area contributed by atoms with Gasteiger partial charge in [0.05, 0.1) is 12.1 Å². The highest BCUT2D eigenvalue weighted by Crippen LogP contribution is 2.34. The first-order valence-corrected chi connectivity index (χ1v) is 6.21. The minimum atomic E-state index is 0.227. The highest BCUT2D eigenvalue weighted by molar-refractivity contribution is 7.03. The van der Waals surface area contributed by atoms with Gasteiger partial charge in [0.1, 0.15) is 5.78 Å². The summed E-state index contributed by atoms with van der Waals surface area (Å²) in [5, 5.41) is 9.26. The van der Waals surface area contributed by atoms with Crippen molar-refractivity contribution >= 4 is 17.3 Å². The largest absolute Gasteiger partial charge is 0.310 e. The van der Waals surface area contributed by atoms with Crippen molar-refractivity contribution in [2.75, 3.05) is 0 Å². The number of ketones is 1. The quantitative estimate of drug-likeness (QED) is 0.823. The van der Waals surface area contributed by atoms with Crippen molar-refractivity contribution in [3.63, 3.8) is 0 Å². The van der Waals surface area contributed by atoms with Gasteiger partial charge in [0.25, 0.3) is 0 Å². The van der Waals surface area contributed by atoms with Gasteiger partial charge in [0.15, 0.2) is 0 Å². The standard InChI is InChI=1S/C10H13N3OS/c14-10(4-7-5-15-13-12-7)8-3-6-1-2-9(8)11-6/h5-6,8-9,11H,1-4H2. The first-order valence-electron chi connectivity index (χ1n) is 5.37. The summed E-state index contributed by atoms with van der Waals surface area (Å²) >= 11 is 1.31. The SMILES string of the molecule is O=C(Cc1csnn1)C1CC2CCC1N2. The van der Waals surface area contributed by atoms with Gasteiger partial charge in [0.2, 0.25) is 0 Å². The molecule has 2 aliphatic heterocycles. The Kier molecular flexibility index (Phi) is 2.29. The highest BCUT2D eigenvalue weighted by Gasteiger charge is 2.42. The van der Waals surface area contributed by atoms with Gasteiger partial charge in [-0.15, -0.1) is 5.10 Å². The number of Topliss-reactive ketones (excluding diaryl/α,β-unsaturated/α-hetero) is 1. The summed E-state index contributed by atoms with van der Waals surface area (Å²) in [6, 6.07) is 1.03. The Hall–Kier alpha value is -0.810. The molecule has 0 radical (unpaired) electrons. The normalized spacial score (nSPS) is 33.5. The van der Waals surface area contributed by atoms with E-state index in [0.717, 1.165) is 18.5 Å². The summed E-state index contributed by atoms with van der Waals surface area (Å²) in [5.41, 5.74) is 0.827. The summed E-state index contributed by atoms with van der Waals surface area (Å²) in [6.07, 6.45) is 3.90. The molecule has 2 saturated heterocycles. The molecule has 1 N–H and O–H groups in total. The van der Waals surface area contributed by atoms with Crippen molar-refractivity contribution in [3.05, 3.63) is 11.1 Å². The number of fused-ring (bicyclic) bond motifs is 2. The van der Waals surface area contributed by atoms with Crippen LogP contribution in [0.5, 0.6) is 0 Å². The van der Waals surface area contributed by atoms with Crippen LogP contribution in [-0.2, 0) is 11.2 Å². The van der Waals surface area contributed by atoms with Crippen molar-refractivity contribution in [3.8, 4) is 0 Å². The molecule has 80 valence electrons. The van der Waals surface area contributed by atoms with E-state index in [9.17, 15) is 4.79 Å². The minimum Gasteiger partial charge on any atom is -0.310 e. The van der Waals surface area contributed by atoms with Crippen LogP contribution < -0.4 is 5.32 Å². The molecule has 0 aliphatic carbocycles. The fraction of sp³-hybridized carbons (Fsp3) is 0.700. The van der Waals surface area contributed by atoms with Gasteiger partial charge in [0, 0.05) is 23.4 Å². The van der Waals surface area contributed by atoms with Crippen LogP contribution >= 0.6 is 11.5 Å². The van der Waals surface area contributed by atoms with Crippen LogP contribution in [0.15, 0.2) is 5.38 Å². The zero-order chi connectivity index (χ0) is 10.3. The third-order valence-electron chi connectivity index (χ3n) is 3.47. The topological polar surface area (TPSA) is 54.9 Å². The molecule has 3 atom stereocenters. The summed E-state index contributed by atoms with van der Waals surface area (Å²) in [7, 11) is 0. The summed E-state index contributed by atoms with van der Waals surface area (Å²) in [6.45, 7) is 0. The molecule has 5 heteroatoms. The maximum Gasteiger partial charge on any atom is 0.143 e. The first kappa shape index (κ1) is 9.42. The second kappa shape index (κ2) is 3.64. The molecule has 15 heavy (non-hydrogen) atoms. The molecule has 1 aromatic heterocycles. The molecule has 0 saturated carbocycles. The third-order valence-corrected chi connectivity index (χ3v) is 4.03. The highest BCUT2D eigenvalue weighted by atomic mass is 32.1. The maximum absolute atomic E-state index is 12.0. The molecule has 4 nitrogen and oxygen atoms in total. The molecule has 2 aliphatic rings. The van der Waals surface area contributed by atoms with E-state index in [4.69, 9.17) is 0 Å². The average molecular weight is 223 g/mol. The predicted molar refractivity (Wildman–Crippen MR) is 56.7 cm³/mol. The monoisotopic (exact) mass is 223 g/mol. The molecule has 2 fully saturated rings. The van der Waals surface area contributed by atoms with Crippen LogP contribution in [0, 0.1) is 5.92 Å². The van der Waals surface area contributed by atoms with E-state index in [1.165, 1.54) is 18.0 Å². The van der Waals surface area contributed by atoms with E-state index in [-0.39, 0.29) is 5.92 Å². The smallest absolute Gasteiger partial charge is 0.143 e. The number of carbonyl (C=O) groups excluding carboxylic acids is 1. The summed E-state index contributed by atoms with van der Waals surface area (Å²) in [4.78, 5) is 12.0. The number of nitrogens with one attached hydrogen (secondary N) is 1. The third kappa shape index (κ3) is 1.70. The Morgan fingerprint density at radius 1 is 1.60 bits per heavy atom. The van der Waals surface area contributed by atoms with Crippen molar-refractivity contribution in [2.45, 2.75) is 37.8 Å². The number of rotatable bonds is 3. The predicted octanol–water partition coefficient (Wildman–Crippen LogP) is 0.790. The summed E-state index contributed by atoms with van der Waals surface area (Å²) in [5.74, 6) is 0.563. The number of nitrogens with zero attached hydrogens (tertiary/aromatic N) is 2. The number of carbonyl (C=O) groups is 1. The van der Waals surface area contributed by atoms with Crippen molar-refractivity contribution < 1.29 is 4.79 Å². The lowest BCUT2D eigenvalue weighted by molar-refractivity contribution is -0.122. The van der Waals surface area contributed by atoms with Gasteiger partial charge in [-0.1, -0.05) is 4.49 Å². The lowest BCUT2D eigenvalue weighted by atomic mass is 9.85. The molecule has 3 unspecified atom stereocenters. The van der Waals surface area contributed by atoms with Crippen LogP contribution in [0.25, 0.3) is 0 Å². The number of aromatic nitrogens is 2. The van der Waals surface area contributed by atoms with Crippen LogP contribution in [0.2, 0.25) is 0 Å². The molecule has 0 aromatic carbocycles. The van der Waals surface area contributed by atoms with Gasteiger partial charge < -0.3 is 5.32 Å². The summed E-state index contributed by atoms with van der Waals surface area (Å²) < 4.78 is 3.77. The van der Waals surface area contributed by atoms with E-state index in [1.807, 2.05) is 5.38 Å². The van der Waals surface area contributed by atoms with Gasteiger partial charge in [-0.05, 0) is 30.8 Å². The van der Waals surface area contributed by atoms with Crippen molar-refractivity contribution in [2.24, 2.45) is 5.92 Å². The van der Waals surface area contributed by atoms with Crippen LogP contribution in [0.1, 0.15) is 25.0 Å². The molecule has 0 spiro atoms. The first-order chi connectivity index (χ1) is 7.33. The Morgan fingerprint density at radius 2 is 2.53 bits per heavy atom. The molecule has 0 amide bonds. The van der Waals surface area contributed by atoms with Crippen LogP contribution in [-0.4, -0.2) is 27.5 Å². The zero-order valence-corrected chi connectivity index (χ0v) is 9.17. The lowest BCUT2D eigenvalue weighted by Crippen LogP contribution is -2.29. The number of hydrogen-bond acceptors (Lipinski definition) is 5. The number of hydrogen-bond donors (Lipinski definition) is 1. The Morgan fingerprint density at radius 3 is 3.13 bits per heavy atom. The molecule has 3 heterocycles. The van der Waals surface area contributed by atoms with Gasteiger partial charge >= 0.3 is 0 Å². The molecular weight excluding hydrogens is 210 g/mol. The van der Waals surface area contributed by atoms with E-state index < -0.39 is 0 Å². The Labute approximate surface area is 92.2 Å². The van der Waals surface area contributed by atoms with E-state index in [2.05, 4.69) is 14.9 Å². The minimum absolute atomic E-state index is 0.227. The fourth-order valence-corrected chi connectivity index (χ4v) is 3.20. The Balaban J connectivity index is 1.66. The van der Waals surface area contributed by atoms with Crippen molar-refractivity contribution in [1.82, 2.24) is 14.9 Å². The maximum atomic E-state index is 12.0. The Bertz CT molecular complexity index is 365.